The minimum Gasteiger partial charge on any atom is -0.380 e. The summed E-state index contributed by atoms with van der Waals surface area (Å²) in [6.07, 6.45) is 2.60. The van der Waals surface area contributed by atoms with Gasteiger partial charge >= 0.3 is 0 Å². The van der Waals surface area contributed by atoms with Gasteiger partial charge in [-0.2, -0.15) is 0 Å². The molecule has 1 saturated heterocycles. The van der Waals surface area contributed by atoms with Crippen LogP contribution in [0.15, 0.2) is 24.3 Å². The zero-order valence-electron chi connectivity index (χ0n) is 11.7. The van der Waals surface area contributed by atoms with E-state index in [0.29, 0.717) is 6.61 Å². The molecular weight excluding hydrogens is 260 g/mol. The Balaban J connectivity index is 0.00000180. The number of ether oxygens (including phenoxy) is 1. The highest BCUT2D eigenvalue weighted by atomic mass is 35.5. The molecular formula is C15H25ClN2O. The van der Waals surface area contributed by atoms with E-state index in [9.17, 15) is 0 Å². The summed E-state index contributed by atoms with van der Waals surface area (Å²) >= 11 is 0. The Hall–Kier alpha value is -0.610. The van der Waals surface area contributed by atoms with Gasteiger partial charge in [0.25, 0.3) is 0 Å². The van der Waals surface area contributed by atoms with Crippen molar-refractivity contribution in [3.63, 3.8) is 0 Å². The minimum atomic E-state index is 0. The molecule has 1 heterocycles. The second kappa shape index (κ2) is 9.32. The maximum absolute atomic E-state index is 5.16. The molecule has 108 valence electrons. The predicted molar refractivity (Wildman–Crippen MR) is 81.7 cm³/mol. The van der Waals surface area contributed by atoms with Gasteiger partial charge in [-0.05, 0) is 49.5 Å². The second-order valence-electron chi connectivity index (χ2n) is 5.08. The number of methoxy groups -OCH3 is 1. The van der Waals surface area contributed by atoms with Crippen molar-refractivity contribution in [2.45, 2.75) is 26.0 Å². The van der Waals surface area contributed by atoms with Crippen LogP contribution >= 0.6 is 12.4 Å². The number of rotatable bonds is 6. The molecule has 2 N–H and O–H groups in total. The van der Waals surface area contributed by atoms with Crippen LogP contribution in [0.3, 0.4) is 0 Å². The zero-order valence-corrected chi connectivity index (χ0v) is 12.5. The summed E-state index contributed by atoms with van der Waals surface area (Å²) in [7, 11) is 1.74. The van der Waals surface area contributed by atoms with Crippen LogP contribution in [0.2, 0.25) is 0 Å². The molecule has 1 aromatic carbocycles. The van der Waals surface area contributed by atoms with Gasteiger partial charge in [0.05, 0.1) is 6.61 Å². The van der Waals surface area contributed by atoms with Crippen molar-refractivity contribution in [1.29, 1.82) is 0 Å². The molecule has 2 rings (SSSR count). The third-order valence-corrected chi connectivity index (χ3v) is 3.52. The summed E-state index contributed by atoms with van der Waals surface area (Å²) in [6, 6.07) is 8.61. The zero-order chi connectivity index (χ0) is 12.6. The first-order valence-corrected chi connectivity index (χ1v) is 6.86. The van der Waals surface area contributed by atoms with Crippen LogP contribution < -0.4 is 10.6 Å². The van der Waals surface area contributed by atoms with Crippen LogP contribution in [0.25, 0.3) is 0 Å². The molecule has 19 heavy (non-hydrogen) atoms. The predicted octanol–water partition coefficient (Wildman–Crippen LogP) is 2.34. The van der Waals surface area contributed by atoms with Gasteiger partial charge < -0.3 is 15.4 Å². The number of nitrogens with one attached hydrogen (secondary N) is 2. The fraction of sp³-hybridized carbons (Fsp3) is 0.600. The SMILES string of the molecule is COCc1cccc(CNCC2CCNCC2)c1.Cl. The molecule has 0 bridgehead atoms. The molecule has 0 saturated carbocycles. The van der Waals surface area contributed by atoms with Gasteiger partial charge in [-0.1, -0.05) is 24.3 Å². The largest absolute Gasteiger partial charge is 0.380 e. The van der Waals surface area contributed by atoms with E-state index in [4.69, 9.17) is 4.74 Å². The monoisotopic (exact) mass is 284 g/mol. The summed E-state index contributed by atoms with van der Waals surface area (Å²) in [5, 5.41) is 6.97. The van der Waals surface area contributed by atoms with Gasteiger partial charge in [0.2, 0.25) is 0 Å². The first-order chi connectivity index (χ1) is 8.88. The highest BCUT2D eigenvalue weighted by Gasteiger charge is 2.11. The molecule has 0 radical (unpaired) electrons. The van der Waals surface area contributed by atoms with Crippen molar-refractivity contribution in [2.24, 2.45) is 5.92 Å². The maximum Gasteiger partial charge on any atom is 0.0713 e. The molecule has 0 spiro atoms. The van der Waals surface area contributed by atoms with E-state index in [1.165, 1.54) is 37.1 Å². The lowest BCUT2D eigenvalue weighted by atomic mass is 9.98. The average molecular weight is 285 g/mol. The Bertz CT molecular complexity index is 354. The molecule has 4 heteroatoms. The van der Waals surface area contributed by atoms with Gasteiger partial charge in [0, 0.05) is 13.7 Å². The van der Waals surface area contributed by atoms with E-state index in [1.807, 2.05) is 0 Å². The van der Waals surface area contributed by atoms with Crippen LogP contribution in [0.4, 0.5) is 0 Å². The molecule has 3 nitrogen and oxygen atoms in total. The average Bonchev–Trinajstić information content (AvgIpc) is 2.41. The van der Waals surface area contributed by atoms with Crippen LogP contribution in [-0.4, -0.2) is 26.7 Å². The molecule has 0 aromatic heterocycles. The first-order valence-electron chi connectivity index (χ1n) is 6.86. The highest BCUT2D eigenvalue weighted by molar-refractivity contribution is 5.85. The molecule has 0 atom stereocenters. The maximum atomic E-state index is 5.16. The summed E-state index contributed by atoms with van der Waals surface area (Å²) < 4.78 is 5.16. The number of hydrogen-bond donors (Lipinski definition) is 2. The first kappa shape index (κ1) is 16.4. The normalized spacial score (nSPS) is 16.1. The van der Waals surface area contributed by atoms with E-state index in [-0.39, 0.29) is 12.4 Å². The molecule has 1 fully saturated rings. The Kier molecular flexibility index (Phi) is 8.07. The fourth-order valence-electron chi connectivity index (χ4n) is 2.50. The van der Waals surface area contributed by atoms with Crippen LogP contribution in [0.1, 0.15) is 24.0 Å². The number of benzene rings is 1. The third-order valence-electron chi connectivity index (χ3n) is 3.52. The van der Waals surface area contributed by atoms with Gasteiger partial charge in [-0.15, -0.1) is 12.4 Å². The van der Waals surface area contributed by atoms with Crippen molar-refractivity contribution >= 4 is 12.4 Å². The van der Waals surface area contributed by atoms with Crippen LogP contribution in [-0.2, 0) is 17.9 Å². The van der Waals surface area contributed by atoms with Crippen LogP contribution in [0.5, 0.6) is 0 Å². The van der Waals surface area contributed by atoms with Gasteiger partial charge in [0.1, 0.15) is 0 Å². The summed E-state index contributed by atoms with van der Waals surface area (Å²) in [5.74, 6) is 0.841. The Morgan fingerprint density at radius 1 is 1.26 bits per heavy atom. The fourth-order valence-corrected chi connectivity index (χ4v) is 2.50. The van der Waals surface area contributed by atoms with Crippen molar-refractivity contribution in [1.82, 2.24) is 10.6 Å². The van der Waals surface area contributed by atoms with Crippen LogP contribution in [0, 0.1) is 5.92 Å². The molecule has 0 aliphatic carbocycles. The lowest BCUT2D eigenvalue weighted by Gasteiger charge is -2.22. The summed E-state index contributed by atoms with van der Waals surface area (Å²) in [4.78, 5) is 0. The van der Waals surface area contributed by atoms with E-state index in [0.717, 1.165) is 19.0 Å². The standard InChI is InChI=1S/C15H24N2O.ClH/c1-18-12-15-4-2-3-14(9-15)11-17-10-13-5-7-16-8-6-13;/h2-4,9,13,16-17H,5-8,10-12H2,1H3;1H. The van der Waals surface area contributed by atoms with E-state index in [1.54, 1.807) is 7.11 Å². The van der Waals surface area contributed by atoms with Crippen molar-refractivity contribution < 1.29 is 4.74 Å². The molecule has 1 aliphatic heterocycles. The van der Waals surface area contributed by atoms with E-state index >= 15 is 0 Å². The van der Waals surface area contributed by atoms with Crippen molar-refractivity contribution in [3.05, 3.63) is 35.4 Å². The summed E-state index contributed by atoms with van der Waals surface area (Å²) in [6.45, 7) is 5.14. The van der Waals surface area contributed by atoms with E-state index in [2.05, 4.69) is 34.9 Å². The highest BCUT2D eigenvalue weighted by Crippen LogP contribution is 2.11. The molecule has 1 aromatic rings. The molecule has 1 aliphatic rings. The van der Waals surface area contributed by atoms with Crippen molar-refractivity contribution in [2.75, 3.05) is 26.7 Å². The topological polar surface area (TPSA) is 33.3 Å². The lowest BCUT2D eigenvalue weighted by molar-refractivity contribution is 0.185. The smallest absolute Gasteiger partial charge is 0.0713 e. The molecule has 0 amide bonds. The van der Waals surface area contributed by atoms with Gasteiger partial charge in [-0.25, -0.2) is 0 Å². The minimum absolute atomic E-state index is 0. The second-order valence-corrected chi connectivity index (χ2v) is 5.08. The molecule has 0 unspecified atom stereocenters. The number of halogens is 1. The lowest BCUT2D eigenvalue weighted by Crippen LogP contribution is -2.33. The summed E-state index contributed by atoms with van der Waals surface area (Å²) in [5.41, 5.74) is 2.59. The number of piperidine rings is 1. The Morgan fingerprint density at radius 2 is 2.00 bits per heavy atom. The van der Waals surface area contributed by atoms with Crippen molar-refractivity contribution in [3.8, 4) is 0 Å². The Labute approximate surface area is 122 Å². The van der Waals surface area contributed by atoms with E-state index < -0.39 is 0 Å². The Morgan fingerprint density at radius 3 is 2.74 bits per heavy atom. The van der Waals surface area contributed by atoms with Gasteiger partial charge in [0.15, 0.2) is 0 Å². The van der Waals surface area contributed by atoms with Gasteiger partial charge in [-0.3, -0.25) is 0 Å². The number of hydrogen-bond acceptors (Lipinski definition) is 3. The quantitative estimate of drug-likeness (QED) is 0.841. The third kappa shape index (κ3) is 5.91.